The van der Waals surface area contributed by atoms with E-state index >= 15 is 0 Å². The van der Waals surface area contributed by atoms with E-state index in [1.165, 1.54) is 12.1 Å². The number of nitrogens with one attached hydrogen (secondary N) is 3. The molecule has 1 rings (SSSR count). The fourth-order valence-electron chi connectivity index (χ4n) is 3.32. The fourth-order valence-corrected chi connectivity index (χ4v) is 3.32. The molecule has 38 heavy (non-hydrogen) atoms. The highest BCUT2D eigenvalue weighted by Crippen LogP contribution is 2.11. The van der Waals surface area contributed by atoms with Crippen molar-refractivity contribution in [3.05, 3.63) is 29.8 Å². The van der Waals surface area contributed by atoms with Crippen molar-refractivity contribution >= 4 is 35.6 Å². The molecule has 4 unspecified atom stereocenters. The number of phenolic OH excluding ortho intramolecular Hbond substituents is 1. The molecule has 0 aliphatic rings. The Labute approximate surface area is 217 Å². The molecule has 0 radical (unpaired) electrons. The molecular weight excluding hydrogens is 506 g/mol. The fraction of sp³-hybridized carbons (Fsp3) is 0.478. The highest BCUT2D eigenvalue weighted by Gasteiger charge is 2.32. The maximum atomic E-state index is 13.0. The van der Waals surface area contributed by atoms with Gasteiger partial charge in [0.1, 0.15) is 23.9 Å². The first-order valence-electron chi connectivity index (χ1n) is 11.6. The second kappa shape index (κ2) is 15.8. The molecule has 0 aliphatic heterocycles. The molecular formula is C23H33N5O10. The van der Waals surface area contributed by atoms with Crippen LogP contribution in [0.1, 0.15) is 37.7 Å². The van der Waals surface area contributed by atoms with Crippen LogP contribution in [0, 0.1) is 0 Å². The van der Waals surface area contributed by atoms with Gasteiger partial charge in [0.15, 0.2) is 0 Å². The summed E-state index contributed by atoms with van der Waals surface area (Å²) in [6.45, 7) is 0.298. The molecule has 210 valence electrons. The second-order valence-corrected chi connectivity index (χ2v) is 8.48. The lowest BCUT2D eigenvalue weighted by Gasteiger charge is -2.24. The summed E-state index contributed by atoms with van der Waals surface area (Å²) >= 11 is 0. The normalized spacial score (nSPS) is 13.8. The number of aliphatic carboxylic acids is 3. The molecule has 0 saturated heterocycles. The minimum atomic E-state index is -1.87. The van der Waals surface area contributed by atoms with E-state index in [0.29, 0.717) is 24.9 Å². The van der Waals surface area contributed by atoms with Crippen molar-refractivity contribution in [1.29, 1.82) is 0 Å². The smallest absolute Gasteiger partial charge is 0.326 e. The van der Waals surface area contributed by atoms with E-state index in [0.717, 1.165) is 0 Å². The number of hydrogen-bond acceptors (Lipinski definition) is 9. The van der Waals surface area contributed by atoms with Crippen LogP contribution in [0.4, 0.5) is 0 Å². The van der Waals surface area contributed by atoms with Crippen LogP contribution in [0.5, 0.6) is 5.75 Å². The van der Waals surface area contributed by atoms with Gasteiger partial charge < -0.3 is 47.8 Å². The van der Waals surface area contributed by atoms with E-state index in [9.17, 15) is 33.9 Å². The van der Waals surface area contributed by atoms with E-state index in [-0.39, 0.29) is 18.6 Å². The predicted molar refractivity (Wildman–Crippen MR) is 131 cm³/mol. The van der Waals surface area contributed by atoms with Crippen LogP contribution in [-0.4, -0.2) is 86.8 Å². The summed E-state index contributed by atoms with van der Waals surface area (Å²) in [5.41, 5.74) is 12.1. The Kier molecular flexibility index (Phi) is 13.2. The van der Waals surface area contributed by atoms with Gasteiger partial charge in [-0.15, -0.1) is 0 Å². The highest BCUT2D eigenvalue weighted by atomic mass is 16.4. The van der Waals surface area contributed by atoms with Gasteiger partial charge in [0, 0.05) is 0 Å². The summed E-state index contributed by atoms with van der Waals surface area (Å²) in [5.74, 6) is -7.54. The number of rotatable bonds is 17. The third-order valence-electron chi connectivity index (χ3n) is 5.31. The van der Waals surface area contributed by atoms with Crippen LogP contribution in [0.15, 0.2) is 24.3 Å². The quantitative estimate of drug-likeness (QED) is 0.0961. The lowest BCUT2D eigenvalue weighted by atomic mass is 10.0. The van der Waals surface area contributed by atoms with Gasteiger partial charge >= 0.3 is 17.9 Å². The number of hydrogen-bond donors (Lipinski definition) is 9. The van der Waals surface area contributed by atoms with Crippen molar-refractivity contribution in [3.63, 3.8) is 0 Å². The van der Waals surface area contributed by atoms with Crippen LogP contribution >= 0.6 is 0 Å². The number of amides is 3. The Hall–Kier alpha value is -4.24. The molecule has 0 fully saturated rings. The highest BCUT2D eigenvalue weighted by molar-refractivity contribution is 5.96. The number of carboxylic acid groups (broad SMARTS) is 3. The topological polar surface area (TPSA) is 271 Å². The SMILES string of the molecule is NCCCCC(NC(=O)C(N)Cc1ccc(O)cc1)C(=O)NC(CC(=O)O)C(=O)NC(CC(=O)O)C(=O)O. The van der Waals surface area contributed by atoms with Crippen molar-refractivity contribution in [2.75, 3.05) is 6.54 Å². The maximum absolute atomic E-state index is 13.0. The molecule has 4 atom stereocenters. The number of unbranched alkanes of at least 4 members (excludes halogenated alkanes) is 1. The van der Waals surface area contributed by atoms with Crippen LogP contribution in [-0.2, 0) is 35.2 Å². The van der Waals surface area contributed by atoms with Crippen LogP contribution in [0.3, 0.4) is 0 Å². The van der Waals surface area contributed by atoms with E-state index in [1.807, 2.05) is 5.32 Å². The Morgan fingerprint density at radius 2 is 1.24 bits per heavy atom. The molecule has 0 aliphatic carbocycles. The Bertz CT molecular complexity index is 1000. The van der Waals surface area contributed by atoms with Crippen LogP contribution in [0.2, 0.25) is 0 Å². The first-order chi connectivity index (χ1) is 17.8. The van der Waals surface area contributed by atoms with Crippen molar-refractivity contribution in [3.8, 4) is 5.75 Å². The summed E-state index contributed by atoms with van der Waals surface area (Å²) in [4.78, 5) is 71.7. The molecule has 15 heteroatoms. The van der Waals surface area contributed by atoms with Gasteiger partial charge in [-0.2, -0.15) is 0 Å². The zero-order valence-electron chi connectivity index (χ0n) is 20.5. The maximum Gasteiger partial charge on any atom is 0.326 e. The van der Waals surface area contributed by atoms with Crippen molar-refractivity contribution in [1.82, 2.24) is 16.0 Å². The predicted octanol–water partition coefficient (Wildman–Crippen LogP) is -2.12. The standard InChI is InChI=1S/C23H33N5O10/c24-8-2-1-3-15(26-20(34)14(25)9-12-4-6-13(29)7-5-12)21(35)27-16(10-18(30)31)22(36)28-17(23(37)38)11-19(32)33/h4-7,14-17,29H,1-3,8-11,24-25H2,(H,26,34)(H,27,35)(H,28,36)(H,30,31)(H,32,33)(H,37,38). The largest absolute Gasteiger partial charge is 0.508 e. The number of carbonyl (C=O) groups excluding carboxylic acids is 3. The van der Waals surface area contributed by atoms with Gasteiger partial charge in [-0.25, -0.2) is 4.79 Å². The van der Waals surface area contributed by atoms with Gasteiger partial charge in [-0.3, -0.25) is 24.0 Å². The van der Waals surface area contributed by atoms with E-state index in [4.69, 9.17) is 26.8 Å². The minimum Gasteiger partial charge on any atom is -0.508 e. The summed E-state index contributed by atoms with van der Waals surface area (Å²) in [6.07, 6.45) is -0.899. The molecule has 0 spiro atoms. The minimum absolute atomic E-state index is 0.0287. The zero-order chi connectivity index (χ0) is 28.8. The molecule has 0 saturated carbocycles. The number of phenols is 1. The van der Waals surface area contributed by atoms with Crippen molar-refractivity contribution < 1.29 is 49.2 Å². The van der Waals surface area contributed by atoms with E-state index in [1.54, 1.807) is 12.1 Å². The van der Waals surface area contributed by atoms with Crippen molar-refractivity contribution in [2.24, 2.45) is 11.5 Å². The third kappa shape index (κ3) is 11.7. The Balaban J connectivity index is 2.99. The third-order valence-corrected chi connectivity index (χ3v) is 5.31. The number of benzene rings is 1. The zero-order valence-corrected chi connectivity index (χ0v) is 20.5. The number of carbonyl (C=O) groups is 6. The lowest BCUT2D eigenvalue weighted by molar-refractivity contribution is -0.148. The monoisotopic (exact) mass is 539 g/mol. The number of nitrogens with two attached hydrogens (primary N) is 2. The molecule has 1 aromatic rings. The Morgan fingerprint density at radius 1 is 0.737 bits per heavy atom. The number of carboxylic acids is 3. The first kappa shape index (κ1) is 31.8. The molecule has 3 amide bonds. The van der Waals surface area contributed by atoms with Gasteiger partial charge in [0.05, 0.1) is 18.9 Å². The average molecular weight is 540 g/mol. The average Bonchev–Trinajstić information content (AvgIpc) is 2.83. The van der Waals surface area contributed by atoms with Gasteiger partial charge in [0.2, 0.25) is 17.7 Å². The Morgan fingerprint density at radius 3 is 1.76 bits per heavy atom. The second-order valence-electron chi connectivity index (χ2n) is 8.48. The summed E-state index contributed by atoms with van der Waals surface area (Å²) in [5, 5.41) is 43.1. The molecule has 0 aromatic heterocycles. The molecule has 11 N–H and O–H groups in total. The first-order valence-corrected chi connectivity index (χ1v) is 11.6. The van der Waals surface area contributed by atoms with E-state index in [2.05, 4.69) is 10.6 Å². The lowest BCUT2D eigenvalue weighted by Crippen LogP contribution is -2.57. The van der Waals surface area contributed by atoms with Gasteiger partial charge in [-0.05, 0) is 49.9 Å². The van der Waals surface area contributed by atoms with Gasteiger partial charge in [-0.1, -0.05) is 12.1 Å². The van der Waals surface area contributed by atoms with Crippen LogP contribution < -0.4 is 27.4 Å². The molecule has 15 nitrogen and oxygen atoms in total. The molecule has 0 heterocycles. The summed E-state index contributed by atoms with van der Waals surface area (Å²) in [7, 11) is 0. The summed E-state index contributed by atoms with van der Waals surface area (Å²) in [6, 6.07) is 0.00841. The summed E-state index contributed by atoms with van der Waals surface area (Å²) < 4.78 is 0. The molecule has 1 aromatic carbocycles. The van der Waals surface area contributed by atoms with Gasteiger partial charge in [0.25, 0.3) is 0 Å². The number of aromatic hydroxyl groups is 1. The van der Waals surface area contributed by atoms with Crippen LogP contribution in [0.25, 0.3) is 0 Å². The molecule has 0 bridgehead atoms. The van der Waals surface area contributed by atoms with Crippen molar-refractivity contribution in [2.45, 2.75) is 62.7 Å². The van der Waals surface area contributed by atoms with E-state index < -0.39 is 72.6 Å².